The average Bonchev–Trinajstić information content (AvgIpc) is 3.10. The van der Waals surface area contributed by atoms with Crippen LogP contribution in [0.4, 0.5) is 4.39 Å². The third kappa shape index (κ3) is 3.89. The summed E-state index contributed by atoms with van der Waals surface area (Å²) in [5, 5.41) is 4.17. The molecule has 6 heteroatoms. The van der Waals surface area contributed by atoms with Crippen molar-refractivity contribution < 1.29 is 13.3 Å². The van der Waals surface area contributed by atoms with Crippen LogP contribution in [-0.2, 0) is 22.3 Å². The first kappa shape index (κ1) is 16.4. The van der Waals surface area contributed by atoms with Crippen molar-refractivity contribution in [2.24, 2.45) is 0 Å². The zero-order valence-electron chi connectivity index (χ0n) is 13.2. The molecule has 1 atom stereocenters. The van der Waals surface area contributed by atoms with Gasteiger partial charge in [-0.05, 0) is 42.0 Å². The summed E-state index contributed by atoms with van der Waals surface area (Å²) in [5.41, 5.74) is 2.52. The molecule has 0 aliphatic carbocycles. The predicted molar refractivity (Wildman–Crippen MR) is 92.1 cm³/mol. The Morgan fingerprint density at radius 1 is 1.17 bits per heavy atom. The van der Waals surface area contributed by atoms with Crippen LogP contribution in [0.2, 0.25) is 0 Å². The highest BCUT2D eigenvalue weighted by Crippen LogP contribution is 2.22. The molecule has 3 aromatic rings. The lowest BCUT2D eigenvalue weighted by molar-refractivity contribution is 0.410. The first-order valence-electron chi connectivity index (χ1n) is 7.42. The van der Waals surface area contributed by atoms with Crippen LogP contribution >= 0.6 is 0 Å². The fourth-order valence-corrected chi connectivity index (χ4v) is 3.68. The monoisotopic (exact) mass is 344 g/mol. The van der Waals surface area contributed by atoms with Crippen LogP contribution in [0.15, 0.2) is 60.9 Å². The predicted octanol–water partition coefficient (Wildman–Crippen LogP) is 3.47. The van der Waals surface area contributed by atoms with Gasteiger partial charge in [0.05, 0.1) is 18.6 Å². The Bertz CT molecular complexity index is 833. The lowest BCUT2D eigenvalue weighted by Crippen LogP contribution is -2.02. The summed E-state index contributed by atoms with van der Waals surface area (Å²) < 4.78 is 32.7. The van der Waals surface area contributed by atoms with Crippen LogP contribution in [-0.4, -0.2) is 21.1 Å². The summed E-state index contributed by atoms with van der Waals surface area (Å²) >= 11 is 0. The van der Waals surface area contributed by atoms with Gasteiger partial charge in [0.25, 0.3) is 0 Å². The van der Waals surface area contributed by atoms with E-state index in [0.29, 0.717) is 17.1 Å². The number of nitrogens with zero attached hydrogens (tertiary/aromatic N) is 2. The van der Waals surface area contributed by atoms with Crippen LogP contribution in [0.3, 0.4) is 0 Å². The van der Waals surface area contributed by atoms with Crippen molar-refractivity contribution in [3.63, 3.8) is 0 Å². The molecule has 0 spiro atoms. The molecule has 0 bridgehead atoms. The van der Waals surface area contributed by atoms with Gasteiger partial charge >= 0.3 is 0 Å². The Hall–Kier alpha value is -2.47. The molecule has 0 N–H and O–H groups in total. The quantitative estimate of drug-likeness (QED) is 0.688. The van der Waals surface area contributed by atoms with E-state index in [0.717, 1.165) is 11.3 Å². The summed E-state index contributed by atoms with van der Waals surface area (Å²) in [6, 6.07) is 13.8. The molecule has 4 nitrogen and oxygen atoms in total. The third-order valence-electron chi connectivity index (χ3n) is 3.59. The first-order chi connectivity index (χ1) is 11.7. The van der Waals surface area contributed by atoms with E-state index in [1.54, 1.807) is 16.9 Å². The zero-order chi connectivity index (χ0) is 16.9. The summed E-state index contributed by atoms with van der Waals surface area (Å²) in [6.07, 6.45) is 3.58. The number of hydrogen-bond acceptors (Lipinski definition) is 3. The Labute approximate surface area is 142 Å². The maximum absolute atomic E-state index is 13.4. The van der Waals surface area contributed by atoms with Gasteiger partial charge in [-0.3, -0.25) is 4.21 Å². The number of ether oxygens (including phenoxy) is 1. The molecule has 0 saturated carbocycles. The van der Waals surface area contributed by atoms with Crippen molar-refractivity contribution in [3.8, 4) is 11.4 Å². The molecule has 1 aromatic heterocycles. The number of benzene rings is 2. The highest BCUT2D eigenvalue weighted by molar-refractivity contribution is 7.83. The molecule has 3 rings (SSSR count). The Balaban J connectivity index is 1.68. The van der Waals surface area contributed by atoms with E-state index in [1.807, 2.05) is 36.5 Å². The largest absolute Gasteiger partial charge is 0.496 e. The molecule has 0 radical (unpaired) electrons. The molecule has 0 aliphatic rings. The molecule has 0 amide bonds. The van der Waals surface area contributed by atoms with E-state index in [-0.39, 0.29) is 11.6 Å². The van der Waals surface area contributed by atoms with Gasteiger partial charge < -0.3 is 4.74 Å². The highest BCUT2D eigenvalue weighted by atomic mass is 32.2. The van der Waals surface area contributed by atoms with Crippen molar-refractivity contribution >= 4 is 10.8 Å². The standard InChI is InChI=1S/C18H17FN2O2S/c1-23-18-8-5-16(19)11-15(18)13-24(22)12-14-3-6-17(7-4-14)21-10-2-9-20-21/h2-11H,12-13H2,1H3/t24-/m1/s1. The van der Waals surface area contributed by atoms with Crippen molar-refractivity contribution in [1.29, 1.82) is 0 Å². The second kappa shape index (κ2) is 7.40. The minimum atomic E-state index is -1.15. The normalized spacial score (nSPS) is 12.1. The molecule has 0 aliphatic heterocycles. The second-order valence-electron chi connectivity index (χ2n) is 5.30. The molecule has 2 aromatic carbocycles. The second-order valence-corrected chi connectivity index (χ2v) is 6.76. The molecule has 24 heavy (non-hydrogen) atoms. The van der Waals surface area contributed by atoms with E-state index >= 15 is 0 Å². The van der Waals surface area contributed by atoms with Crippen LogP contribution in [0.25, 0.3) is 5.69 Å². The van der Waals surface area contributed by atoms with E-state index in [2.05, 4.69) is 5.10 Å². The molecular formula is C18H17FN2O2S. The summed E-state index contributed by atoms with van der Waals surface area (Å²) in [4.78, 5) is 0. The smallest absolute Gasteiger partial charge is 0.123 e. The average molecular weight is 344 g/mol. The molecule has 1 heterocycles. The Kier molecular flexibility index (Phi) is 5.05. The SMILES string of the molecule is COc1ccc(F)cc1C[S@](=O)Cc1ccc(-n2cccn2)cc1. The third-order valence-corrected chi connectivity index (χ3v) is 4.88. The molecular weight excluding hydrogens is 327 g/mol. The van der Waals surface area contributed by atoms with Gasteiger partial charge in [0.2, 0.25) is 0 Å². The van der Waals surface area contributed by atoms with Gasteiger partial charge in [-0.1, -0.05) is 12.1 Å². The van der Waals surface area contributed by atoms with Gasteiger partial charge in [-0.2, -0.15) is 5.10 Å². The van der Waals surface area contributed by atoms with Gasteiger partial charge in [-0.25, -0.2) is 9.07 Å². The Morgan fingerprint density at radius 3 is 2.62 bits per heavy atom. The molecule has 0 fully saturated rings. The number of hydrogen-bond donors (Lipinski definition) is 0. The van der Waals surface area contributed by atoms with Gasteiger partial charge in [0.15, 0.2) is 0 Å². The van der Waals surface area contributed by atoms with Gasteiger partial charge in [0, 0.05) is 34.5 Å². The van der Waals surface area contributed by atoms with Crippen molar-refractivity contribution in [2.45, 2.75) is 11.5 Å². The molecule has 0 unspecified atom stereocenters. The molecule has 124 valence electrons. The summed E-state index contributed by atoms with van der Waals surface area (Å²) in [7, 11) is 0.367. The number of aromatic nitrogens is 2. The maximum atomic E-state index is 13.4. The van der Waals surface area contributed by atoms with Crippen LogP contribution in [0, 0.1) is 5.82 Å². The Morgan fingerprint density at radius 2 is 1.96 bits per heavy atom. The topological polar surface area (TPSA) is 44.1 Å². The van der Waals surface area contributed by atoms with Crippen LogP contribution in [0.5, 0.6) is 5.75 Å². The van der Waals surface area contributed by atoms with Gasteiger partial charge in [0.1, 0.15) is 11.6 Å². The molecule has 0 saturated heterocycles. The number of halogens is 1. The van der Waals surface area contributed by atoms with E-state index in [9.17, 15) is 8.60 Å². The van der Waals surface area contributed by atoms with E-state index < -0.39 is 10.8 Å². The zero-order valence-corrected chi connectivity index (χ0v) is 14.0. The maximum Gasteiger partial charge on any atom is 0.123 e. The number of rotatable bonds is 6. The van der Waals surface area contributed by atoms with Crippen LogP contribution < -0.4 is 4.74 Å². The van der Waals surface area contributed by atoms with Crippen molar-refractivity contribution in [2.75, 3.05) is 7.11 Å². The minimum absolute atomic E-state index is 0.252. The van der Waals surface area contributed by atoms with E-state index in [1.165, 1.54) is 19.2 Å². The summed E-state index contributed by atoms with van der Waals surface area (Å²) in [6.45, 7) is 0. The van der Waals surface area contributed by atoms with Crippen LogP contribution in [0.1, 0.15) is 11.1 Å². The highest BCUT2D eigenvalue weighted by Gasteiger charge is 2.10. The minimum Gasteiger partial charge on any atom is -0.496 e. The fourth-order valence-electron chi connectivity index (χ4n) is 2.44. The fraction of sp³-hybridized carbons (Fsp3) is 0.167. The van der Waals surface area contributed by atoms with Crippen molar-refractivity contribution in [1.82, 2.24) is 9.78 Å². The lowest BCUT2D eigenvalue weighted by atomic mass is 10.2. The summed E-state index contributed by atoms with van der Waals surface area (Å²) in [5.74, 6) is 0.853. The van der Waals surface area contributed by atoms with Gasteiger partial charge in [-0.15, -0.1) is 0 Å². The number of methoxy groups -OCH3 is 1. The van der Waals surface area contributed by atoms with Crippen molar-refractivity contribution in [3.05, 3.63) is 77.9 Å². The first-order valence-corrected chi connectivity index (χ1v) is 8.91. The van der Waals surface area contributed by atoms with E-state index in [4.69, 9.17) is 4.74 Å². The lowest BCUT2D eigenvalue weighted by Gasteiger charge is -2.09.